The molecule has 0 aliphatic heterocycles. The maximum Gasteiger partial charge on any atom is 0.203 e. The van der Waals surface area contributed by atoms with Gasteiger partial charge in [0.25, 0.3) is 0 Å². The molecule has 0 aromatic carbocycles. The van der Waals surface area contributed by atoms with Crippen LogP contribution in [0.5, 0.6) is 0 Å². The monoisotopic (exact) mass is 248 g/mol. The van der Waals surface area contributed by atoms with Crippen molar-refractivity contribution in [3.8, 4) is 0 Å². The third kappa shape index (κ3) is 2.43. The van der Waals surface area contributed by atoms with Crippen molar-refractivity contribution in [1.82, 2.24) is 19.6 Å². The van der Waals surface area contributed by atoms with Gasteiger partial charge in [-0.25, -0.2) is 4.98 Å². The lowest BCUT2D eigenvalue weighted by Crippen LogP contribution is -2.39. The van der Waals surface area contributed by atoms with Crippen molar-refractivity contribution in [3.63, 3.8) is 0 Å². The number of anilines is 1. The maximum absolute atomic E-state index is 5.80. The highest BCUT2D eigenvalue weighted by Crippen LogP contribution is 2.21. The normalized spacial score (nSPS) is 12.0. The van der Waals surface area contributed by atoms with Crippen molar-refractivity contribution in [2.75, 3.05) is 24.5 Å². The molecule has 0 atom stereocenters. The topological polar surface area (TPSA) is 72.3 Å². The molecule has 0 unspecified atom stereocenters. The van der Waals surface area contributed by atoms with E-state index in [0.717, 1.165) is 24.6 Å². The second-order valence-electron chi connectivity index (χ2n) is 5.20. The standard InChI is InChI=1S/C12H20N6/c1-4-17(8-12(2,3)7-13)10-11-16-15-9-18(11)6-5-14-10/h5-6,9H,4,7-8,13H2,1-3H3. The molecule has 6 heteroatoms. The lowest BCUT2D eigenvalue weighted by Gasteiger charge is -2.31. The van der Waals surface area contributed by atoms with Crippen LogP contribution in [0.2, 0.25) is 0 Å². The van der Waals surface area contributed by atoms with Gasteiger partial charge in [-0.3, -0.25) is 4.40 Å². The number of nitrogens with zero attached hydrogens (tertiary/aromatic N) is 5. The molecule has 0 saturated heterocycles. The highest BCUT2D eigenvalue weighted by atomic mass is 15.3. The summed E-state index contributed by atoms with van der Waals surface area (Å²) in [4.78, 5) is 6.62. The SMILES string of the molecule is CCN(CC(C)(C)CN)c1nccn2cnnc12. The Morgan fingerprint density at radius 2 is 2.22 bits per heavy atom. The summed E-state index contributed by atoms with van der Waals surface area (Å²) in [6.45, 7) is 8.76. The average molecular weight is 248 g/mol. The summed E-state index contributed by atoms with van der Waals surface area (Å²) >= 11 is 0. The Hall–Kier alpha value is -1.69. The number of hydrogen-bond donors (Lipinski definition) is 1. The van der Waals surface area contributed by atoms with Crippen LogP contribution in [0.3, 0.4) is 0 Å². The number of hydrogen-bond acceptors (Lipinski definition) is 5. The Balaban J connectivity index is 2.35. The quantitative estimate of drug-likeness (QED) is 0.852. The predicted octanol–water partition coefficient (Wildman–Crippen LogP) is 0.935. The van der Waals surface area contributed by atoms with E-state index in [0.29, 0.717) is 6.54 Å². The van der Waals surface area contributed by atoms with E-state index in [1.165, 1.54) is 0 Å². The first-order valence-corrected chi connectivity index (χ1v) is 6.17. The molecule has 0 radical (unpaired) electrons. The highest BCUT2D eigenvalue weighted by molar-refractivity contribution is 5.63. The van der Waals surface area contributed by atoms with Gasteiger partial charge in [0.05, 0.1) is 0 Å². The molecular weight excluding hydrogens is 228 g/mol. The molecule has 98 valence electrons. The zero-order valence-electron chi connectivity index (χ0n) is 11.2. The third-order valence-electron chi connectivity index (χ3n) is 3.05. The molecule has 0 aliphatic rings. The smallest absolute Gasteiger partial charge is 0.203 e. The lowest BCUT2D eigenvalue weighted by atomic mass is 9.93. The number of rotatable bonds is 5. The summed E-state index contributed by atoms with van der Waals surface area (Å²) in [5.41, 5.74) is 6.63. The molecule has 2 rings (SSSR count). The van der Waals surface area contributed by atoms with E-state index in [1.807, 2.05) is 10.6 Å². The summed E-state index contributed by atoms with van der Waals surface area (Å²) in [5.74, 6) is 0.860. The molecule has 0 bridgehead atoms. The van der Waals surface area contributed by atoms with Crippen LogP contribution in [0.25, 0.3) is 5.65 Å². The van der Waals surface area contributed by atoms with Crippen molar-refractivity contribution >= 4 is 11.5 Å². The minimum Gasteiger partial charge on any atom is -0.353 e. The third-order valence-corrected chi connectivity index (χ3v) is 3.05. The molecule has 2 heterocycles. The second-order valence-corrected chi connectivity index (χ2v) is 5.20. The summed E-state index contributed by atoms with van der Waals surface area (Å²) in [5, 5.41) is 8.04. The van der Waals surface area contributed by atoms with Crippen LogP contribution in [0.15, 0.2) is 18.7 Å². The second kappa shape index (κ2) is 4.89. The van der Waals surface area contributed by atoms with E-state index in [1.54, 1.807) is 12.5 Å². The van der Waals surface area contributed by atoms with Gasteiger partial charge in [0.15, 0.2) is 5.82 Å². The van der Waals surface area contributed by atoms with Gasteiger partial charge in [-0.05, 0) is 18.9 Å². The van der Waals surface area contributed by atoms with Gasteiger partial charge >= 0.3 is 0 Å². The van der Waals surface area contributed by atoms with Crippen molar-refractivity contribution < 1.29 is 0 Å². The van der Waals surface area contributed by atoms with Crippen LogP contribution in [0.4, 0.5) is 5.82 Å². The molecule has 0 amide bonds. The number of nitrogens with two attached hydrogens (primary N) is 1. The fourth-order valence-corrected chi connectivity index (χ4v) is 1.89. The zero-order valence-corrected chi connectivity index (χ0v) is 11.2. The van der Waals surface area contributed by atoms with E-state index in [-0.39, 0.29) is 5.41 Å². The average Bonchev–Trinajstić information content (AvgIpc) is 2.84. The fourth-order valence-electron chi connectivity index (χ4n) is 1.89. The summed E-state index contributed by atoms with van der Waals surface area (Å²) in [6, 6.07) is 0. The molecule has 2 aromatic rings. The summed E-state index contributed by atoms with van der Waals surface area (Å²) < 4.78 is 1.88. The van der Waals surface area contributed by atoms with Crippen LogP contribution in [-0.2, 0) is 0 Å². The van der Waals surface area contributed by atoms with E-state index >= 15 is 0 Å². The van der Waals surface area contributed by atoms with Gasteiger partial charge in [-0.15, -0.1) is 10.2 Å². The lowest BCUT2D eigenvalue weighted by molar-refractivity contribution is 0.379. The Bertz CT molecular complexity index is 518. The van der Waals surface area contributed by atoms with Gasteiger partial charge in [-0.1, -0.05) is 13.8 Å². The van der Waals surface area contributed by atoms with E-state index < -0.39 is 0 Å². The minimum absolute atomic E-state index is 0.0462. The molecule has 0 aliphatic carbocycles. The van der Waals surface area contributed by atoms with Gasteiger partial charge in [0.1, 0.15) is 6.33 Å². The van der Waals surface area contributed by atoms with E-state index in [2.05, 4.69) is 40.9 Å². The predicted molar refractivity (Wildman–Crippen MR) is 71.5 cm³/mol. The molecular formula is C12H20N6. The minimum atomic E-state index is 0.0462. The fraction of sp³-hybridized carbons (Fsp3) is 0.583. The molecule has 0 saturated carbocycles. The Labute approximate surface area is 107 Å². The van der Waals surface area contributed by atoms with Gasteiger partial charge in [0, 0.05) is 25.5 Å². The zero-order chi connectivity index (χ0) is 13.2. The van der Waals surface area contributed by atoms with Crippen molar-refractivity contribution in [2.45, 2.75) is 20.8 Å². The highest BCUT2D eigenvalue weighted by Gasteiger charge is 2.22. The number of fused-ring (bicyclic) bond motifs is 1. The van der Waals surface area contributed by atoms with Crippen LogP contribution in [-0.4, -0.2) is 39.2 Å². The number of aromatic nitrogens is 4. The first-order valence-electron chi connectivity index (χ1n) is 6.17. The van der Waals surface area contributed by atoms with Gasteiger partial charge in [0.2, 0.25) is 5.65 Å². The van der Waals surface area contributed by atoms with Crippen molar-refractivity contribution in [3.05, 3.63) is 18.7 Å². The Morgan fingerprint density at radius 3 is 2.89 bits per heavy atom. The molecule has 2 N–H and O–H groups in total. The van der Waals surface area contributed by atoms with Crippen LogP contribution < -0.4 is 10.6 Å². The van der Waals surface area contributed by atoms with E-state index in [9.17, 15) is 0 Å². The largest absolute Gasteiger partial charge is 0.353 e. The van der Waals surface area contributed by atoms with Crippen LogP contribution in [0, 0.1) is 5.41 Å². The maximum atomic E-state index is 5.80. The molecule has 18 heavy (non-hydrogen) atoms. The first-order chi connectivity index (χ1) is 8.57. The molecule has 6 nitrogen and oxygen atoms in total. The summed E-state index contributed by atoms with van der Waals surface area (Å²) in [7, 11) is 0. The van der Waals surface area contributed by atoms with E-state index in [4.69, 9.17) is 5.73 Å². The van der Waals surface area contributed by atoms with Gasteiger partial charge < -0.3 is 10.6 Å². The first kappa shape index (κ1) is 12.8. The summed E-state index contributed by atoms with van der Waals surface area (Å²) in [6.07, 6.45) is 5.30. The Kier molecular flexibility index (Phi) is 3.47. The van der Waals surface area contributed by atoms with Crippen molar-refractivity contribution in [1.29, 1.82) is 0 Å². The molecule has 2 aromatic heterocycles. The van der Waals surface area contributed by atoms with Crippen LogP contribution in [0.1, 0.15) is 20.8 Å². The molecule has 0 spiro atoms. The van der Waals surface area contributed by atoms with Crippen molar-refractivity contribution in [2.24, 2.45) is 11.1 Å². The van der Waals surface area contributed by atoms with Gasteiger partial charge in [-0.2, -0.15) is 0 Å². The molecule has 0 fully saturated rings. The van der Waals surface area contributed by atoms with Crippen LogP contribution >= 0.6 is 0 Å². The Morgan fingerprint density at radius 1 is 1.44 bits per heavy atom.